The second-order valence-corrected chi connectivity index (χ2v) is 10.0. The van der Waals surface area contributed by atoms with Crippen LogP contribution in [-0.4, -0.2) is 93.8 Å². The predicted octanol–water partition coefficient (Wildman–Crippen LogP) is 4.34. The maximum Gasteiger partial charge on any atom is 0.141 e. The van der Waals surface area contributed by atoms with E-state index in [4.69, 9.17) is 24.9 Å². The van der Waals surface area contributed by atoms with Gasteiger partial charge in [-0.05, 0) is 38.0 Å². The molecule has 3 aliphatic rings. The number of nitrogens with zero attached hydrogens (tertiary/aromatic N) is 5. The van der Waals surface area contributed by atoms with Gasteiger partial charge in [-0.25, -0.2) is 9.97 Å². The summed E-state index contributed by atoms with van der Waals surface area (Å²) in [5.41, 5.74) is 9.04. The highest BCUT2D eigenvalue weighted by molar-refractivity contribution is 5.61. The Hall–Kier alpha value is -2.92. The van der Waals surface area contributed by atoms with Crippen LogP contribution in [0.2, 0.25) is 0 Å². The van der Waals surface area contributed by atoms with E-state index in [2.05, 4.69) is 31.6 Å². The van der Waals surface area contributed by atoms with Crippen molar-refractivity contribution in [2.24, 2.45) is 0 Å². The van der Waals surface area contributed by atoms with Crippen molar-refractivity contribution in [1.82, 2.24) is 20.2 Å². The molecular weight excluding hydrogens is 518 g/mol. The van der Waals surface area contributed by atoms with Crippen molar-refractivity contribution in [3.8, 4) is 5.75 Å². The van der Waals surface area contributed by atoms with Crippen molar-refractivity contribution in [2.45, 2.75) is 47.6 Å². The summed E-state index contributed by atoms with van der Waals surface area (Å²) in [5.74, 6) is 2.28. The van der Waals surface area contributed by atoms with Gasteiger partial charge in [0.2, 0.25) is 0 Å². The number of ether oxygens (including phenoxy) is 3. The largest absolute Gasteiger partial charge is 0.487 e. The molecular formula is C31H55N7O3. The van der Waals surface area contributed by atoms with Crippen LogP contribution >= 0.6 is 0 Å². The van der Waals surface area contributed by atoms with Crippen LogP contribution in [0.1, 0.15) is 46.8 Å². The Balaban J connectivity index is 0.000000540. The van der Waals surface area contributed by atoms with Gasteiger partial charge in [-0.2, -0.15) is 0 Å². The molecule has 0 bridgehead atoms. The van der Waals surface area contributed by atoms with Crippen molar-refractivity contribution in [2.75, 3.05) is 94.4 Å². The SMILES string of the molecule is C.C.C=CCOCN1CCCCC1.Cc1nc(N2CCNCC2)ccc1OCc1c(N2CCOCC2)ccnc1N.[HH]. The number of pyridine rings is 2. The number of piperidine rings is 1. The summed E-state index contributed by atoms with van der Waals surface area (Å²) in [7, 11) is 0. The van der Waals surface area contributed by atoms with Crippen LogP contribution in [0.5, 0.6) is 5.75 Å². The number of aryl methyl sites for hydroxylation is 1. The number of rotatable bonds is 9. The lowest BCUT2D eigenvalue weighted by molar-refractivity contribution is 0.0329. The van der Waals surface area contributed by atoms with E-state index in [1.54, 1.807) is 12.3 Å². The Bertz CT molecular complexity index is 1030. The first kappa shape index (κ1) is 34.3. The van der Waals surface area contributed by atoms with Gasteiger partial charge in [-0.15, -0.1) is 6.58 Å². The number of aromatic nitrogens is 2. The number of likely N-dealkylation sites (tertiary alicyclic amines) is 1. The third kappa shape index (κ3) is 10.5. The fourth-order valence-electron chi connectivity index (χ4n) is 5.01. The number of hydrogen-bond donors (Lipinski definition) is 2. The number of hydrogen-bond acceptors (Lipinski definition) is 10. The monoisotopic (exact) mass is 573 g/mol. The minimum absolute atomic E-state index is 0. The molecule has 232 valence electrons. The van der Waals surface area contributed by atoms with Gasteiger partial charge in [0.15, 0.2) is 0 Å². The zero-order valence-electron chi connectivity index (χ0n) is 23.4. The van der Waals surface area contributed by atoms with E-state index in [1.165, 1.54) is 32.4 Å². The third-order valence-corrected chi connectivity index (χ3v) is 7.21. The van der Waals surface area contributed by atoms with Gasteiger partial charge >= 0.3 is 0 Å². The standard InChI is InChI=1S/C20H28N6O2.C9H17NO.2CH4.H2/c1-15-18(2-3-19(24-15)26-8-6-22-7-9-26)28-14-16-17(4-5-23-20(16)21)25-10-12-27-13-11-25;1-2-8-11-9-10-6-4-3-5-7-10;;;/h2-5,22H,6-14H2,1H3,(H2,21,23);2H,1,3-9H2;2*1H4;1H. The lowest BCUT2D eigenvalue weighted by atomic mass is 10.1. The molecule has 10 nitrogen and oxygen atoms in total. The van der Waals surface area contributed by atoms with E-state index in [9.17, 15) is 0 Å². The molecule has 3 saturated heterocycles. The lowest BCUT2D eigenvalue weighted by Crippen LogP contribution is -2.43. The first-order chi connectivity index (χ1) is 19.2. The summed E-state index contributed by atoms with van der Waals surface area (Å²) in [4.78, 5) is 15.9. The molecule has 0 aliphatic carbocycles. The van der Waals surface area contributed by atoms with E-state index in [-0.39, 0.29) is 16.3 Å². The number of piperazine rings is 1. The highest BCUT2D eigenvalue weighted by Crippen LogP contribution is 2.28. The highest BCUT2D eigenvalue weighted by Gasteiger charge is 2.18. The van der Waals surface area contributed by atoms with Crippen molar-refractivity contribution in [1.29, 1.82) is 0 Å². The maximum atomic E-state index is 6.17. The van der Waals surface area contributed by atoms with Crippen LogP contribution in [0.25, 0.3) is 0 Å². The number of morpholine rings is 1. The number of nitrogens with one attached hydrogen (secondary N) is 1. The molecule has 5 heterocycles. The van der Waals surface area contributed by atoms with E-state index in [0.717, 1.165) is 87.7 Å². The fraction of sp³-hybridized carbons (Fsp3) is 0.613. The molecule has 3 N–H and O–H groups in total. The molecule has 2 aromatic rings. The Morgan fingerprint density at radius 1 is 1.02 bits per heavy atom. The maximum absolute atomic E-state index is 6.17. The lowest BCUT2D eigenvalue weighted by Gasteiger charge is -2.31. The molecule has 10 heteroatoms. The molecule has 0 aromatic carbocycles. The molecule has 0 spiro atoms. The number of anilines is 3. The van der Waals surface area contributed by atoms with Crippen molar-refractivity contribution in [3.05, 3.63) is 48.3 Å². The normalized spacial score (nSPS) is 17.4. The predicted molar refractivity (Wildman–Crippen MR) is 172 cm³/mol. The molecule has 41 heavy (non-hydrogen) atoms. The second-order valence-electron chi connectivity index (χ2n) is 10.0. The van der Waals surface area contributed by atoms with Crippen LogP contribution in [-0.2, 0) is 16.1 Å². The summed E-state index contributed by atoms with van der Waals surface area (Å²) < 4.78 is 16.9. The Labute approximate surface area is 249 Å². The topological polar surface area (TPSA) is 101 Å². The van der Waals surface area contributed by atoms with E-state index in [1.807, 2.05) is 25.1 Å². The first-order valence-electron chi connectivity index (χ1n) is 14.2. The van der Waals surface area contributed by atoms with Gasteiger partial charge in [0, 0.05) is 65.7 Å². The smallest absolute Gasteiger partial charge is 0.141 e. The van der Waals surface area contributed by atoms with Crippen LogP contribution in [0.3, 0.4) is 0 Å². The Morgan fingerprint density at radius 2 is 1.76 bits per heavy atom. The Morgan fingerprint density at radius 3 is 2.44 bits per heavy atom. The van der Waals surface area contributed by atoms with Crippen LogP contribution in [0.4, 0.5) is 17.3 Å². The van der Waals surface area contributed by atoms with Crippen LogP contribution in [0, 0.1) is 6.92 Å². The molecule has 3 fully saturated rings. The number of nitrogens with two attached hydrogens (primary N) is 1. The van der Waals surface area contributed by atoms with Crippen LogP contribution in [0.15, 0.2) is 37.1 Å². The molecule has 0 atom stereocenters. The second kappa shape index (κ2) is 18.5. The first-order valence-corrected chi connectivity index (χ1v) is 14.2. The zero-order valence-corrected chi connectivity index (χ0v) is 23.4. The van der Waals surface area contributed by atoms with Gasteiger partial charge < -0.3 is 35.1 Å². The molecule has 0 amide bonds. The quantitative estimate of drug-likeness (QED) is 0.333. The minimum atomic E-state index is 0. The zero-order chi connectivity index (χ0) is 27.3. The number of nitrogen functional groups attached to an aromatic ring is 1. The van der Waals surface area contributed by atoms with E-state index >= 15 is 0 Å². The average Bonchev–Trinajstić information content (AvgIpc) is 2.99. The van der Waals surface area contributed by atoms with Crippen molar-refractivity contribution >= 4 is 17.3 Å². The van der Waals surface area contributed by atoms with Gasteiger partial charge in [-0.3, -0.25) is 4.90 Å². The molecule has 0 unspecified atom stereocenters. The van der Waals surface area contributed by atoms with Gasteiger partial charge in [0.1, 0.15) is 24.0 Å². The van der Waals surface area contributed by atoms with Crippen molar-refractivity contribution < 1.29 is 15.6 Å². The highest BCUT2D eigenvalue weighted by atomic mass is 16.5. The molecule has 2 aromatic heterocycles. The molecule has 3 aliphatic heterocycles. The van der Waals surface area contributed by atoms with Gasteiger partial charge in [0.25, 0.3) is 0 Å². The van der Waals surface area contributed by atoms with E-state index < -0.39 is 0 Å². The summed E-state index contributed by atoms with van der Waals surface area (Å²) in [6, 6.07) is 6.03. The molecule has 0 saturated carbocycles. The fourth-order valence-corrected chi connectivity index (χ4v) is 5.01. The summed E-state index contributed by atoms with van der Waals surface area (Å²) in [6.45, 7) is 16.9. The van der Waals surface area contributed by atoms with Gasteiger partial charge in [0.05, 0.1) is 37.8 Å². The Kier molecular flexibility index (Phi) is 15.5. The molecule has 5 rings (SSSR count). The summed E-state index contributed by atoms with van der Waals surface area (Å²) >= 11 is 0. The minimum Gasteiger partial charge on any atom is -0.487 e. The van der Waals surface area contributed by atoms with E-state index in [0.29, 0.717) is 19.0 Å². The summed E-state index contributed by atoms with van der Waals surface area (Å²) in [5, 5.41) is 3.36. The average molecular weight is 574 g/mol. The van der Waals surface area contributed by atoms with Crippen molar-refractivity contribution in [3.63, 3.8) is 0 Å². The summed E-state index contributed by atoms with van der Waals surface area (Å²) in [6.07, 6.45) is 7.59. The molecule has 0 radical (unpaired) electrons. The van der Waals surface area contributed by atoms with Crippen LogP contribution < -0.4 is 25.6 Å². The third-order valence-electron chi connectivity index (χ3n) is 7.21. The van der Waals surface area contributed by atoms with Gasteiger partial charge in [-0.1, -0.05) is 27.4 Å².